The van der Waals surface area contributed by atoms with E-state index in [2.05, 4.69) is 0 Å². The zero-order valence-corrected chi connectivity index (χ0v) is 7.05. The van der Waals surface area contributed by atoms with E-state index in [0.717, 1.165) is 18.2 Å². The summed E-state index contributed by atoms with van der Waals surface area (Å²) in [6, 6.07) is 0. The first-order valence-corrected chi connectivity index (χ1v) is 3.36. The van der Waals surface area contributed by atoms with Gasteiger partial charge in [0.05, 0.1) is 0 Å². The Morgan fingerprint density at radius 1 is 0.615 bits per heavy atom. The highest BCUT2D eigenvalue weighted by Crippen LogP contribution is 2.15. The van der Waals surface area contributed by atoms with Crippen LogP contribution in [0.1, 0.15) is 25.7 Å². The van der Waals surface area contributed by atoms with Crippen LogP contribution in [0.5, 0.6) is 0 Å². The predicted octanol–water partition coefficient (Wildman–Crippen LogP) is 1.26. The third-order valence-corrected chi connectivity index (χ3v) is 1.000. The number of isocyanates is 3. The molecule has 0 aromatic rings. The van der Waals surface area contributed by atoms with Crippen molar-refractivity contribution in [3.8, 4) is 0 Å². The van der Waals surface area contributed by atoms with E-state index < -0.39 is 0 Å². The van der Waals surface area contributed by atoms with E-state index in [9.17, 15) is 0 Å². The highest BCUT2D eigenvalue weighted by Gasteiger charge is 1.95. The third-order valence-electron chi connectivity index (χ3n) is 1.000. The summed E-state index contributed by atoms with van der Waals surface area (Å²) >= 11 is 0. The Labute approximate surface area is 75.5 Å². The molecular weight excluding hydrogens is 174 g/mol. The van der Waals surface area contributed by atoms with E-state index in [-0.39, 0.29) is 0 Å². The van der Waals surface area contributed by atoms with Crippen LogP contribution in [-0.2, 0) is 14.4 Å². The second-order valence-electron chi connectivity index (χ2n) is 1.72. The summed E-state index contributed by atoms with van der Waals surface area (Å²) in [5.74, 6) is 0. The summed E-state index contributed by atoms with van der Waals surface area (Å²) < 4.78 is 0. The second kappa shape index (κ2) is 32.1. The van der Waals surface area contributed by atoms with Crippen molar-refractivity contribution < 1.29 is 14.4 Å². The normalized spacial score (nSPS) is 9.23. The molecule has 6 nitrogen and oxygen atoms in total. The molecule has 1 saturated carbocycles. The van der Waals surface area contributed by atoms with Crippen LogP contribution in [0.3, 0.4) is 0 Å². The Morgan fingerprint density at radius 2 is 0.692 bits per heavy atom. The van der Waals surface area contributed by atoms with E-state index >= 15 is 0 Å². The van der Waals surface area contributed by atoms with Crippen molar-refractivity contribution in [3.63, 3.8) is 0 Å². The van der Waals surface area contributed by atoms with Crippen LogP contribution < -0.4 is 0 Å². The van der Waals surface area contributed by atoms with Gasteiger partial charge in [-0.25, -0.2) is 30.6 Å². The lowest BCUT2D eigenvalue weighted by Gasteiger charge is -2.05. The van der Waals surface area contributed by atoms with Crippen molar-refractivity contribution in [2.75, 3.05) is 0 Å². The first kappa shape index (κ1) is 17.3. The summed E-state index contributed by atoms with van der Waals surface area (Å²) in [5.41, 5.74) is 0. The number of hydrogen-bond donors (Lipinski definition) is 3. The maximum atomic E-state index is 8.35. The third kappa shape index (κ3) is 147. The molecule has 1 aliphatic rings. The molecule has 72 valence electrons. The molecule has 1 aliphatic carbocycles. The minimum Gasteiger partial charge on any atom is -0.222 e. The molecule has 0 radical (unpaired) electrons. The van der Waals surface area contributed by atoms with Gasteiger partial charge in [-0.1, -0.05) is 25.7 Å². The first-order chi connectivity index (χ1) is 6.24. The molecule has 0 aromatic carbocycles. The van der Waals surface area contributed by atoms with Gasteiger partial charge in [0.2, 0.25) is 18.2 Å². The molecule has 0 amide bonds. The first-order valence-electron chi connectivity index (χ1n) is 3.36. The van der Waals surface area contributed by atoms with Crippen LogP contribution >= 0.6 is 0 Å². The lowest BCUT2D eigenvalue weighted by atomic mass is 10.0. The molecule has 0 atom stereocenters. The molecule has 3 N–H and O–H groups in total. The standard InChI is InChI=1S/C4H8.3CHNO/c1-2-4-3-1;3*2-1-3/h1-4H2;3*2H. The predicted molar refractivity (Wildman–Crippen MR) is 43.7 cm³/mol. The van der Waals surface area contributed by atoms with E-state index in [0.29, 0.717) is 0 Å². The van der Waals surface area contributed by atoms with E-state index in [4.69, 9.17) is 30.6 Å². The Morgan fingerprint density at radius 3 is 0.692 bits per heavy atom. The van der Waals surface area contributed by atoms with E-state index in [1.165, 1.54) is 25.7 Å². The molecule has 0 aromatic heterocycles. The topological polar surface area (TPSA) is 123 Å². The van der Waals surface area contributed by atoms with Gasteiger partial charge in [0.1, 0.15) is 0 Å². The average molecular weight is 185 g/mol. The fourth-order valence-corrected chi connectivity index (χ4v) is 0.250. The number of rotatable bonds is 0. The molecule has 0 aliphatic heterocycles. The lowest BCUT2D eigenvalue weighted by Crippen LogP contribution is -1.85. The van der Waals surface area contributed by atoms with Crippen LogP contribution in [0, 0.1) is 16.2 Å². The van der Waals surface area contributed by atoms with Crippen molar-refractivity contribution in [2.45, 2.75) is 25.7 Å². The van der Waals surface area contributed by atoms with E-state index in [1.54, 1.807) is 0 Å². The zero-order valence-electron chi connectivity index (χ0n) is 7.05. The number of carbonyl (C=O) groups excluding carboxylic acids is 3. The Bertz CT molecular complexity index is 149. The fraction of sp³-hybridized carbons (Fsp3) is 0.571. The molecule has 0 heterocycles. The van der Waals surface area contributed by atoms with Crippen LogP contribution in [0.4, 0.5) is 0 Å². The van der Waals surface area contributed by atoms with Gasteiger partial charge in [-0.15, -0.1) is 0 Å². The van der Waals surface area contributed by atoms with Gasteiger partial charge in [-0.05, 0) is 0 Å². The van der Waals surface area contributed by atoms with Gasteiger partial charge in [0.25, 0.3) is 0 Å². The van der Waals surface area contributed by atoms with Crippen LogP contribution in [0.2, 0.25) is 0 Å². The van der Waals surface area contributed by atoms with E-state index in [1.807, 2.05) is 0 Å². The van der Waals surface area contributed by atoms with Crippen molar-refractivity contribution in [1.29, 1.82) is 16.2 Å². The minimum absolute atomic E-state index is 0.750. The van der Waals surface area contributed by atoms with Gasteiger partial charge >= 0.3 is 0 Å². The Balaban J connectivity index is -0.000000104. The van der Waals surface area contributed by atoms with Crippen LogP contribution in [0.25, 0.3) is 0 Å². The second-order valence-corrected chi connectivity index (χ2v) is 1.72. The van der Waals surface area contributed by atoms with Crippen molar-refractivity contribution in [3.05, 3.63) is 0 Å². The summed E-state index contributed by atoms with van der Waals surface area (Å²) in [6.07, 6.45) is 8.25. The molecule has 0 spiro atoms. The highest BCUT2D eigenvalue weighted by atomic mass is 16.1. The molecule has 0 saturated heterocycles. The summed E-state index contributed by atoms with van der Waals surface area (Å²) in [7, 11) is 0. The zero-order chi connectivity index (χ0) is 10.9. The lowest BCUT2D eigenvalue weighted by molar-refractivity contribution is 0.504. The van der Waals surface area contributed by atoms with Crippen molar-refractivity contribution in [1.82, 2.24) is 0 Å². The summed E-state index contributed by atoms with van der Waals surface area (Å²) in [6.45, 7) is 0. The molecule has 13 heavy (non-hydrogen) atoms. The maximum absolute atomic E-state index is 8.35. The highest BCUT2D eigenvalue weighted by molar-refractivity contribution is 5.26. The van der Waals surface area contributed by atoms with Gasteiger partial charge in [0.15, 0.2) is 0 Å². The molecular formula is C7H11N3O3. The monoisotopic (exact) mass is 185 g/mol. The summed E-state index contributed by atoms with van der Waals surface area (Å²) in [4.78, 5) is 25.0. The average Bonchev–Trinajstić information content (AvgIpc) is 1.86. The van der Waals surface area contributed by atoms with Gasteiger partial charge in [-0.2, -0.15) is 0 Å². The molecule has 0 unspecified atom stereocenters. The Kier molecular flexibility index (Phi) is 42.6. The molecule has 1 fully saturated rings. The van der Waals surface area contributed by atoms with Gasteiger partial charge in [0, 0.05) is 0 Å². The summed E-state index contributed by atoms with van der Waals surface area (Å²) in [5, 5.41) is 16.2. The minimum atomic E-state index is 0.750. The number of hydrogen-bond acceptors (Lipinski definition) is 6. The number of nitrogens with one attached hydrogen (secondary N) is 3. The largest absolute Gasteiger partial charge is 0.231 e. The van der Waals surface area contributed by atoms with Gasteiger partial charge in [-0.3, -0.25) is 0 Å². The van der Waals surface area contributed by atoms with Gasteiger partial charge < -0.3 is 0 Å². The van der Waals surface area contributed by atoms with Crippen LogP contribution in [0.15, 0.2) is 0 Å². The molecule has 0 bridgehead atoms. The fourth-order valence-electron chi connectivity index (χ4n) is 0.250. The van der Waals surface area contributed by atoms with Crippen LogP contribution in [-0.4, -0.2) is 18.2 Å². The van der Waals surface area contributed by atoms with Crippen molar-refractivity contribution in [2.24, 2.45) is 0 Å². The SMILES string of the molecule is C1CCC1.N=C=O.N=C=O.N=C=O. The Hall–Kier alpha value is -1.86. The maximum Gasteiger partial charge on any atom is 0.231 e. The quantitative estimate of drug-likeness (QED) is 0.388. The van der Waals surface area contributed by atoms with Crippen molar-refractivity contribution >= 4 is 18.2 Å². The molecule has 1 rings (SSSR count). The smallest absolute Gasteiger partial charge is 0.222 e. The molecule has 6 heteroatoms.